The highest BCUT2D eigenvalue weighted by Crippen LogP contribution is 2.55. The largest absolute Gasteiger partial charge is 0.508 e. The lowest BCUT2D eigenvalue weighted by molar-refractivity contribution is -0.230. The molecule has 4 heteroatoms. The van der Waals surface area contributed by atoms with Gasteiger partial charge in [-0.2, -0.15) is 8.78 Å². The van der Waals surface area contributed by atoms with E-state index in [-0.39, 0.29) is 17.4 Å². The van der Waals surface area contributed by atoms with E-state index < -0.39 is 12.0 Å². The maximum Gasteiger partial charge on any atom is 0.401 e. The van der Waals surface area contributed by atoms with Gasteiger partial charge in [-0.1, -0.05) is 31.4 Å². The Morgan fingerprint density at radius 3 is 2.83 bits per heavy atom. The Labute approximate surface area is 136 Å². The Morgan fingerprint density at radius 1 is 1.30 bits per heavy atom. The number of alkyl halides is 2. The summed E-state index contributed by atoms with van der Waals surface area (Å²) >= 11 is 0. The maximum atomic E-state index is 14.4. The highest BCUT2D eigenvalue weighted by molar-refractivity contribution is 5.52. The van der Waals surface area contributed by atoms with Gasteiger partial charge in [0, 0.05) is 11.5 Å². The number of benzene rings is 1. The summed E-state index contributed by atoms with van der Waals surface area (Å²) in [6, 6.07) is 3.43. The lowest BCUT2D eigenvalue weighted by Crippen LogP contribution is -2.43. The van der Waals surface area contributed by atoms with Crippen molar-refractivity contribution in [3.8, 4) is 11.5 Å². The van der Waals surface area contributed by atoms with E-state index in [1.165, 1.54) is 0 Å². The molecule has 23 heavy (non-hydrogen) atoms. The van der Waals surface area contributed by atoms with Gasteiger partial charge in [0.25, 0.3) is 0 Å². The first-order valence-corrected chi connectivity index (χ1v) is 8.50. The zero-order valence-corrected chi connectivity index (χ0v) is 13.7. The van der Waals surface area contributed by atoms with E-state index in [9.17, 15) is 13.9 Å². The Kier molecular flexibility index (Phi) is 4.35. The molecule has 1 aliphatic heterocycles. The molecule has 1 N–H and O–H groups in total. The van der Waals surface area contributed by atoms with Gasteiger partial charge in [0.2, 0.25) is 0 Å². The van der Waals surface area contributed by atoms with Crippen LogP contribution in [0.25, 0.3) is 0 Å². The summed E-state index contributed by atoms with van der Waals surface area (Å²) in [5, 5.41) is 10.4. The second-order valence-corrected chi connectivity index (χ2v) is 6.85. The SMILES string of the molecule is CCCCCc1cc(O)c2c(c1)OC(F)(F)C1CC=C(C)CC21. The van der Waals surface area contributed by atoms with Gasteiger partial charge in [0.05, 0.1) is 5.92 Å². The van der Waals surface area contributed by atoms with Crippen LogP contribution in [-0.4, -0.2) is 11.2 Å². The first-order valence-electron chi connectivity index (χ1n) is 8.50. The van der Waals surface area contributed by atoms with Crippen molar-refractivity contribution in [3.63, 3.8) is 0 Å². The Bertz CT molecular complexity index is 622. The number of aryl methyl sites for hydroxylation is 1. The number of phenolic OH excluding ortho intramolecular Hbond substituents is 1. The van der Waals surface area contributed by atoms with Crippen molar-refractivity contribution in [3.05, 3.63) is 34.9 Å². The summed E-state index contributed by atoms with van der Waals surface area (Å²) in [7, 11) is 0. The summed E-state index contributed by atoms with van der Waals surface area (Å²) < 4.78 is 33.8. The van der Waals surface area contributed by atoms with Crippen molar-refractivity contribution in [1.29, 1.82) is 0 Å². The van der Waals surface area contributed by atoms with Gasteiger partial charge in [0.1, 0.15) is 11.5 Å². The topological polar surface area (TPSA) is 29.5 Å². The molecule has 0 amide bonds. The fourth-order valence-electron chi connectivity index (χ4n) is 3.81. The van der Waals surface area contributed by atoms with Crippen molar-refractivity contribution in [2.75, 3.05) is 0 Å². The number of phenols is 1. The van der Waals surface area contributed by atoms with Crippen molar-refractivity contribution in [2.45, 2.75) is 64.4 Å². The number of hydrogen-bond acceptors (Lipinski definition) is 2. The van der Waals surface area contributed by atoms with E-state index in [0.29, 0.717) is 18.4 Å². The van der Waals surface area contributed by atoms with Crippen molar-refractivity contribution in [1.82, 2.24) is 0 Å². The first-order chi connectivity index (χ1) is 10.9. The summed E-state index contributed by atoms with van der Waals surface area (Å²) in [5.41, 5.74) is 2.53. The normalized spacial score (nSPS) is 25.1. The molecule has 2 unspecified atom stereocenters. The zero-order chi connectivity index (χ0) is 16.6. The number of halogens is 2. The van der Waals surface area contributed by atoms with Crippen LogP contribution in [0.1, 0.15) is 63.0 Å². The highest BCUT2D eigenvalue weighted by atomic mass is 19.3. The predicted molar refractivity (Wildman–Crippen MR) is 86.1 cm³/mol. The molecule has 3 rings (SSSR count). The molecular weight excluding hydrogens is 298 g/mol. The predicted octanol–water partition coefficient (Wildman–Crippen LogP) is 5.55. The molecule has 0 saturated heterocycles. The number of ether oxygens (including phenoxy) is 1. The summed E-state index contributed by atoms with van der Waals surface area (Å²) in [6.45, 7) is 4.08. The minimum absolute atomic E-state index is 0.106. The minimum atomic E-state index is -3.18. The zero-order valence-electron chi connectivity index (χ0n) is 13.7. The lowest BCUT2D eigenvalue weighted by atomic mass is 9.73. The molecule has 0 spiro atoms. The van der Waals surface area contributed by atoms with Crippen molar-refractivity contribution >= 4 is 0 Å². The molecule has 1 aliphatic carbocycles. The van der Waals surface area contributed by atoms with Gasteiger partial charge < -0.3 is 9.84 Å². The molecule has 2 nitrogen and oxygen atoms in total. The van der Waals surface area contributed by atoms with Gasteiger partial charge in [0.15, 0.2) is 0 Å². The second-order valence-electron chi connectivity index (χ2n) is 6.85. The molecule has 1 aromatic rings. The van der Waals surface area contributed by atoms with Crippen LogP contribution in [0.4, 0.5) is 8.78 Å². The molecular formula is C19H24F2O2. The van der Waals surface area contributed by atoms with Crippen LogP contribution in [0, 0.1) is 5.92 Å². The average molecular weight is 322 g/mol. The number of unbranched alkanes of at least 4 members (excludes halogenated alkanes) is 2. The second kappa shape index (κ2) is 6.14. The maximum absolute atomic E-state index is 14.4. The molecule has 1 heterocycles. The third kappa shape index (κ3) is 3.08. The van der Waals surface area contributed by atoms with Gasteiger partial charge in [-0.05, 0) is 50.3 Å². The molecule has 0 aromatic heterocycles. The first kappa shape index (κ1) is 16.3. The van der Waals surface area contributed by atoms with E-state index in [0.717, 1.165) is 36.8 Å². The third-order valence-corrected chi connectivity index (χ3v) is 5.05. The standard InChI is InChI=1S/C19H24F2O2/c1-3-4-5-6-13-10-16(22)18-14-9-12(2)7-8-15(14)19(20,21)23-17(18)11-13/h7,10-11,14-15,22H,3-6,8-9H2,1-2H3. The number of hydrogen-bond donors (Lipinski definition) is 1. The minimum Gasteiger partial charge on any atom is -0.508 e. The molecule has 2 aliphatic rings. The summed E-state index contributed by atoms with van der Waals surface area (Å²) in [6.07, 6.45) is 3.48. The van der Waals surface area contributed by atoms with E-state index in [1.807, 2.05) is 13.0 Å². The van der Waals surface area contributed by atoms with Crippen LogP contribution in [0.5, 0.6) is 11.5 Å². The monoisotopic (exact) mass is 322 g/mol. The average Bonchev–Trinajstić information content (AvgIpc) is 2.46. The van der Waals surface area contributed by atoms with E-state index >= 15 is 0 Å². The lowest BCUT2D eigenvalue weighted by Gasteiger charge is -2.41. The van der Waals surface area contributed by atoms with E-state index in [1.54, 1.807) is 12.1 Å². The van der Waals surface area contributed by atoms with Gasteiger partial charge in [-0.25, -0.2) is 0 Å². The quantitative estimate of drug-likeness (QED) is 0.581. The Morgan fingerprint density at radius 2 is 2.09 bits per heavy atom. The third-order valence-electron chi connectivity index (χ3n) is 5.05. The molecule has 126 valence electrons. The van der Waals surface area contributed by atoms with Crippen LogP contribution >= 0.6 is 0 Å². The molecule has 0 saturated carbocycles. The fourth-order valence-corrected chi connectivity index (χ4v) is 3.81. The van der Waals surface area contributed by atoms with Crippen molar-refractivity contribution < 1.29 is 18.6 Å². The van der Waals surface area contributed by atoms with Gasteiger partial charge >= 0.3 is 6.11 Å². The molecule has 0 fully saturated rings. The van der Waals surface area contributed by atoms with Gasteiger partial charge in [-0.3, -0.25) is 0 Å². The van der Waals surface area contributed by atoms with Crippen LogP contribution < -0.4 is 4.74 Å². The van der Waals surface area contributed by atoms with Crippen LogP contribution in [0.15, 0.2) is 23.8 Å². The highest BCUT2D eigenvalue weighted by Gasteiger charge is 2.52. The number of allylic oxidation sites excluding steroid dienone is 2. The van der Waals surface area contributed by atoms with Gasteiger partial charge in [-0.15, -0.1) is 0 Å². The summed E-state index contributed by atoms with van der Waals surface area (Å²) in [5.74, 6) is -0.995. The Hall–Kier alpha value is -1.58. The molecule has 1 aromatic carbocycles. The molecule has 2 atom stereocenters. The van der Waals surface area contributed by atoms with Crippen LogP contribution in [0.3, 0.4) is 0 Å². The number of fused-ring (bicyclic) bond motifs is 3. The number of rotatable bonds is 4. The van der Waals surface area contributed by atoms with Crippen LogP contribution in [0.2, 0.25) is 0 Å². The molecule has 0 radical (unpaired) electrons. The van der Waals surface area contributed by atoms with Crippen molar-refractivity contribution in [2.24, 2.45) is 5.92 Å². The molecule has 0 bridgehead atoms. The smallest absolute Gasteiger partial charge is 0.401 e. The van der Waals surface area contributed by atoms with Crippen LogP contribution in [-0.2, 0) is 6.42 Å². The number of aromatic hydroxyl groups is 1. The van der Waals surface area contributed by atoms with E-state index in [2.05, 4.69) is 6.92 Å². The van der Waals surface area contributed by atoms with E-state index in [4.69, 9.17) is 4.74 Å². The fraction of sp³-hybridized carbons (Fsp3) is 0.579. The Balaban J connectivity index is 1.96. The summed E-state index contributed by atoms with van der Waals surface area (Å²) in [4.78, 5) is 0.